The number of amides is 1. The number of halogens is 1. The van der Waals surface area contributed by atoms with Gasteiger partial charge in [0.05, 0.1) is 5.69 Å². The van der Waals surface area contributed by atoms with Crippen molar-refractivity contribution in [2.24, 2.45) is 5.92 Å². The fourth-order valence-corrected chi connectivity index (χ4v) is 4.49. The molecule has 3 heterocycles. The summed E-state index contributed by atoms with van der Waals surface area (Å²) in [5, 5.41) is 0. The van der Waals surface area contributed by atoms with Gasteiger partial charge in [0.15, 0.2) is 0 Å². The van der Waals surface area contributed by atoms with Gasteiger partial charge in [-0.05, 0) is 63.5 Å². The van der Waals surface area contributed by atoms with E-state index in [0.717, 1.165) is 62.1 Å². The van der Waals surface area contributed by atoms with Gasteiger partial charge in [-0.15, -0.1) is 0 Å². The largest absolute Gasteiger partial charge is 0.368 e. The molecule has 2 aromatic rings. The molecule has 0 spiro atoms. The van der Waals surface area contributed by atoms with Gasteiger partial charge in [0.1, 0.15) is 5.82 Å². The zero-order chi connectivity index (χ0) is 20.4. The lowest BCUT2D eigenvalue weighted by Crippen LogP contribution is -2.45. The van der Waals surface area contributed by atoms with Crippen LogP contribution in [0.3, 0.4) is 0 Å². The second-order valence-corrected chi connectivity index (χ2v) is 8.23. The Kier molecular flexibility index (Phi) is 5.76. The van der Waals surface area contributed by atoms with Gasteiger partial charge in [-0.1, -0.05) is 12.1 Å². The summed E-state index contributed by atoms with van der Waals surface area (Å²) in [6, 6.07) is 6.34. The summed E-state index contributed by atoms with van der Waals surface area (Å²) < 4.78 is 13.4. The van der Waals surface area contributed by atoms with Crippen molar-refractivity contribution in [3.8, 4) is 11.1 Å². The molecule has 2 saturated heterocycles. The van der Waals surface area contributed by atoms with Crippen molar-refractivity contribution in [3.05, 3.63) is 42.0 Å². The Hall–Kier alpha value is -2.54. The molecule has 0 aliphatic carbocycles. The van der Waals surface area contributed by atoms with E-state index in [-0.39, 0.29) is 29.5 Å². The Morgan fingerprint density at radius 3 is 2.59 bits per heavy atom. The number of carbonyl (C=O) groups excluding carboxylic acids is 1. The summed E-state index contributed by atoms with van der Waals surface area (Å²) in [5.74, 6) is 0.443. The second kappa shape index (κ2) is 8.45. The van der Waals surface area contributed by atoms with Crippen LogP contribution >= 0.6 is 0 Å². The first-order valence-electron chi connectivity index (χ1n) is 10.4. The van der Waals surface area contributed by atoms with E-state index in [9.17, 15) is 9.18 Å². The van der Waals surface area contributed by atoms with Crippen molar-refractivity contribution in [1.29, 1.82) is 0 Å². The highest BCUT2D eigenvalue weighted by Crippen LogP contribution is 2.34. The van der Waals surface area contributed by atoms with Gasteiger partial charge in [0, 0.05) is 36.7 Å². The predicted octanol–water partition coefficient (Wildman–Crippen LogP) is 2.91. The first kappa shape index (κ1) is 19.8. The summed E-state index contributed by atoms with van der Waals surface area (Å²) in [6.07, 6.45) is 5.45. The monoisotopic (exact) mass is 397 g/mol. The molecule has 0 unspecified atom stereocenters. The highest BCUT2D eigenvalue weighted by Gasteiger charge is 2.32. The minimum absolute atomic E-state index is 0.101. The number of nitrogens with zero attached hydrogens (tertiary/aromatic N) is 4. The number of anilines is 1. The fraction of sp³-hybridized carbons (Fsp3) is 0.500. The van der Waals surface area contributed by atoms with Gasteiger partial charge >= 0.3 is 0 Å². The standard InChI is InChI=1S/C22H28FN5O/c1-27-11-8-16(9-12-27)21(29)28-10-2-3-17(14-28)20-19(13-25-22(24)26-20)15-4-6-18(23)7-5-15/h4-7,13,16-17H,2-3,8-12,14H2,1H3,(H2,24,25,26)/t17-/m1/s1. The molecule has 6 nitrogen and oxygen atoms in total. The zero-order valence-corrected chi connectivity index (χ0v) is 16.9. The number of likely N-dealkylation sites (tertiary alicyclic amines) is 2. The summed E-state index contributed by atoms with van der Waals surface area (Å²) in [7, 11) is 2.11. The highest BCUT2D eigenvalue weighted by atomic mass is 19.1. The summed E-state index contributed by atoms with van der Waals surface area (Å²) in [6.45, 7) is 3.40. The van der Waals surface area contributed by atoms with E-state index in [4.69, 9.17) is 5.73 Å². The van der Waals surface area contributed by atoms with Crippen molar-refractivity contribution in [2.75, 3.05) is 39.0 Å². The molecule has 2 N–H and O–H groups in total. The molecule has 1 atom stereocenters. The molecule has 0 saturated carbocycles. The zero-order valence-electron chi connectivity index (χ0n) is 16.9. The molecule has 1 amide bonds. The lowest BCUT2D eigenvalue weighted by atomic mass is 9.88. The average molecular weight is 397 g/mol. The average Bonchev–Trinajstić information content (AvgIpc) is 2.74. The van der Waals surface area contributed by atoms with Gasteiger partial charge in [-0.2, -0.15) is 0 Å². The van der Waals surface area contributed by atoms with Crippen LogP contribution < -0.4 is 5.73 Å². The quantitative estimate of drug-likeness (QED) is 0.862. The third-order valence-electron chi connectivity index (χ3n) is 6.18. The van der Waals surface area contributed by atoms with Gasteiger partial charge < -0.3 is 15.5 Å². The lowest BCUT2D eigenvalue weighted by molar-refractivity contribution is -0.138. The van der Waals surface area contributed by atoms with Crippen molar-refractivity contribution >= 4 is 11.9 Å². The first-order valence-corrected chi connectivity index (χ1v) is 10.4. The molecule has 0 bridgehead atoms. The maximum absolute atomic E-state index is 13.4. The minimum atomic E-state index is -0.278. The van der Waals surface area contributed by atoms with Crippen LogP contribution in [-0.4, -0.2) is 58.9 Å². The molecule has 1 aromatic carbocycles. The Labute approximate surface area is 170 Å². The summed E-state index contributed by atoms with van der Waals surface area (Å²) in [4.78, 5) is 26.1. The maximum Gasteiger partial charge on any atom is 0.225 e. The lowest BCUT2D eigenvalue weighted by Gasteiger charge is -2.37. The Morgan fingerprint density at radius 2 is 1.86 bits per heavy atom. The molecule has 1 aromatic heterocycles. The molecule has 154 valence electrons. The number of carbonyl (C=O) groups is 1. The number of nitrogens with two attached hydrogens (primary N) is 1. The van der Waals surface area contributed by atoms with Crippen LogP contribution in [0.5, 0.6) is 0 Å². The van der Waals surface area contributed by atoms with E-state index in [1.807, 2.05) is 4.90 Å². The highest BCUT2D eigenvalue weighted by molar-refractivity contribution is 5.79. The molecule has 0 radical (unpaired) electrons. The van der Waals surface area contributed by atoms with Crippen molar-refractivity contribution < 1.29 is 9.18 Å². The Bertz CT molecular complexity index is 864. The number of nitrogen functional groups attached to an aromatic ring is 1. The Balaban J connectivity index is 1.56. The molecule has 4 rings (SSSR count). The third kappa shape index (κ3) is 4.40. The summed E-state index contributed by atoms with van der Waals surface area (Å²) in [5.41, 5.74) is 8.47. The number of hydrogen-bond donors (Lipinski definition) is 1. The number of hydrogen-bond acceptors (Lipinski definition) is 5. The van der Waals surface area contributed by atoms with E-state index < -0.39 is 0 Å². The van der Waals surface area contributed by atoms with Crippen LogP contribution in [0, 0.1) is 11.7 Å². The summed E-state index contributed by atoms with van der Waals surface area (Å²) >= 11 is 0. The second-order valence-electron chi connectivity index (χ2n) is 8.23. The number of rotatable bonds is 3. The number of aromatic nitrogens is 2. The van der Waals surface area contributed by atoms with Crippen LogP contribution in [-0.2, 0) is 4.79 Å². The molecule has 2 fully saturated rings. The SMILES string of the molecule is CN1CCC(C(=O)N2CCC[C@@H](c3nc(N)ncc3-c3ccc(F)cc3)C2)CC1. The van der Waals surface area contributed by atoms with Gasteiger partial charge in [-0.3, -0.25) is 4.79 Å². The van der Waals surface area contributed by atoms with Crippen LogP contribution in [0.25, 0.3) is 11.1 Å². The molecule has 2 aliphatic heterocycles. The van der Waals surface area contributed by atoms with Gasteiger partial charge in [-0.25, -0.2) is 14.4 Å². The van der Waals surface area contributed by atoms with Crippen LogP contribution in [0.1, 0.15) is 37.3 Å². The molecule has 2 aliphatic rings. The van der Waals surface area contributed by atoms with Crippen LogP contribution in [0.4, 0.5) is 10.3 Å². The van der Waals surface area contributed by atoms with E-state index in [1.165, 1.54) is 12.1 Å². The molecular formula is C22H28FN5O. The first-order chi connectivity index (χ1) is 14.0. The van der Waals surface area contributed by atoms with Crippen molar-refractivity contribution in [2.45, 2.75) is 31.6 Å². The van der Waals surface area contributed by atoms with E-state index in [1.54, 1.807) is 18.3 Å². The van der Waals surface area contributed by atoms with E-state index in [0.29, 0.717) is 6.54 Å². The van der Waals surface area contributed by atoms with E-state index in [2.05, 4.69) is 21.9 Å². The van der Waals surface area contributed by atoms with Crippen LogP contribution in [0.2, 0.25) is 0 Å². The van der Waals surface area contributed by atoms with E-state index >= 15 is 0 Å². The maximum atomic E-state index is 13.4. The van der Waals surface area contributed by atoms with Crippen molar-refractivity contribution in [1.82, 2.24) is 19.8 Å². The van der Waals surface area contributed by atoms with Crippen molar-refractivity contribution in [3.63, 3.8) is 0 Å². The number of benzene rings is 1. The van der Waals surface area contributed by atoms with Gasteiger partial charge in [0.25, 0.3) is 0 Å². The van der Waals surface area contributed by atoms with Gasteiger partial charge in [0.2, 0.25) is 11.9 Å². The minimum Gasteiger partial charge on any atom is -0.368 e. The predicted molar refractivity (Wildman–Crippen MR) is 111 cm³/mol. The molecule has 29 heavy (non-hydrogen) atoms. The Morgan fingerprint density at radius 1 is 1.14 bits per heavy atom. The fourth-order valence-electron chi connectivity index (χ4n) is 4.49. The van der Waals surface area contributed by atoms with Crippen LogP contribution in [0.15, 0.2) is 30.5 Å². The topological polar surface area (TPSA) is 75.4 Å². The molecular weight excluding hydrogens is 369 g/mol. The number of piperidine rings is 2. The third-order valence-corrected chi connectivity index (χ3v) is 6.18. The normalized spacial score (nSPS) is 21.3. The molecule has 7 heteroatoms. The smallest absolute Gasteiger partial charge is 0.225 e.